The molecule has 1 aromatic carbocycles. The lowest BCUT2D eigenvalue weighted by molar-refractivity contribution is 0.0806. The van der Waals surface area contributed by atoms with Crippen molar-refractivity contribution in [2.24, 2.45) is 11.8 Å². The van der Waals surface area contributed by atoms with Crippen molar-refractivity contribution in [2.75, 3.05) is 6.61 Å². The Bertz CT molecular complexity index is 389. The minimum Gasteiger partial charge on any atom is -0.396 e. The third-order valence-electron chi connectivity index (χ3n) is 2.54. The first-order chi connectivity index (χ1) is 7.47. The number of carbonyl (C=O) groups excluding carboxylic acids is 1. The Morgan fingerprint density at radius 3 is 2.38 bits per heavy atom. The van der Waals surface area contributed by atoms with Crippen LogP contribution in [-0.2, 0) is 0 Å². The summed E-state index contributed by atoms with van der Waals surface area (Å²) in [4.78, 5) is 11.8. The van der Waals surface area contributed by atoms with Crippen molar-refractivity contribution < 1.29 is 18.7 Å². The van der Waals surface area contributed by atoms with Gasteiger partial charge in [0, 0.05) is 11.5 Å². The summed E-state index contributed by atoms with van der Waals surface area (Å²) in [7, 11) is 0. The Morgan fingerprint density at radius 1 is 1.31 bits per heavy atom. The van der Waals surface area contributed by atoms with Crippen LogP contribution in [0.1, 0.15) is 24.2 Å². The monoisotopic (exact) mass is 228 g/mol. The summed E-state index contributed by atoms with van der Waals surface area (Å²) >= 11 is 0. The number of aliphatic hydroxyl groups excluding tert-OH is 1. The Hall–Kier alpha value is -1.29. The summed E-state index contributed by atoms with van der Waals surface area (Å²) in [6.07, 6.45) is 0. The lowest BCUT2D eigenvalue weighted by atomic mass is 9.88. The highest BCUT2D eigenvalue weighted by Crippen LogP contribution is 2.18. The SMILES string of the molecule is CC(C)C(CO)C(=O)c1ccc(F)c(F)c1. The molecule has 1 N–H and O–H groups in total. The molecule has 0 amide bonds. The molecule has 0 fully saturated rings. The van der Waals surface area contributed by atoms with Gasteiger partial charge in [-0.3, -0.25) is 4.79 Å². The van der Waals surface area contributed by atoms with Crippen LogP contribution in [0.5, 0.6) is 0 Å². The third-order valence-corrected chi connectivity index (χ3v) is 2.54. The molecule has 0 saturated heterocycles. The van der Waals surface area contributed by atoms with Crippen LogP contribution >= 0.6 is 0 Å². The summed E-state index contributed by atoms with van der Waals surface area (Å²) in [6, 6.07) is 3.01. The fraction of sp³-hybridized carbons (Fsp3) is 0.417. The topological polar surface area (TPSA) is 37.3 Å². The zero-order chi connectivity index (χ0) is 12.3. The van der Waals surface area contributed by atoms with E-state index in [0.717, 1.165) is 12.1 Å². The highest BCUT2D eigenvalue weighted by molar-refractivity contribution is 5.98. The van der Waals surface area contributed by atoms with Crippen molar-refractivity contribution in [2.45, 2.75) is 13.8 Å². The van der Waals surface area contributed by atoms with Gasteiger partial charge in [-0.15, -0.1) is 0 Å². The Morgan fingerprint density at radius 2 is 1.94 bits per heavy atom. The first kappa shape index (κ1) is 12.8. The minimum absolute atomic E-state index is 0.0504. The zero-order valence-corrected chi connectivity index (χ0v) is 9.21. The summed E-state index contributed by atoms with van der Waals surface area (Å²) in [5.41, 5.74) is 0.0895. The fourth-order valence-corrected chi connectivity index (χ4v) is 1.46. The largest absolute Gasteiger partial charge is 0.396 e. The molecule has 1 aromatic rings. The van der Waals surface area contributed by atoms with Crippen molar-refractivity contribution in [3.8, 4) is 0 Å². The number of carbonyl (C=O) groups is 1. The number of hydrogen-bond acceptors (Lipinski definition) is 2. The van der Waals surface area contributed by atoms with Gasteiger partial charge in [-0.25, -0.2) is 8.78 Å². The van der Waals surface area contributed by atoms with E-state index in [1.54, 1.807) is 13.8 Å². The standard InChI is InChI=1S/C12H14F2O2/c1-7(2)9(6-15)12(16)8-3-4-10(13)11(14)5-8/h3-5,7,9,15H,6H2,1-2H3. The molecule has 0 aliphatic heterocycles. The number of aliphatic hydroxyl groups is 1. The van der Waals surface area contributed by atoms with E-state index < -0.39 is 17.6 Å². The number of halogens is 2. The lowest BCUT2D eigenvalue weighted by Gasteiger charge is -2.16. The van der Waals surface area contributed by atoms with Gasteiger partial charge in [0.15, 0.2) is 17.4 Å². The molecule has 1 atom stereocenters. The van der Waals surface area contributed by atoms with Crippen molar-refractivity contribution in [1.82, 2.24) is 0 Å². The number of benzene rings is 1. The fourth-order valence-electron chi connectivity index (χ4n) is 1.46. The van der Waals surface area contributed by atoms with E-state index >= 15 is 0 Å². The molecule has 0 radical (unpaired) electrons. The maximum Gasteiger partial charge on any atom is 0.168 e. The zero-order valence-electron chi connectivity index (χ0n) is 9.21. The summed E-state index contributed by atoms with van der Waals surface area (Å²) < 4.78 is 25.6. The second-order valence-electron chi connectivity index (χ2n) is 4.03. The molecule has 1 unspecified atom stereocenters. The van der Waals surface area contributed by atoms with Crippen LogP contribution < -0.4 is 0 Å². The average molecular weight is 228 g/mol. The Kier molecular flexibility index (Phi) is 4.12. The summed E-state index contributed by atoms with van der Waals surface area (Å²) in [5.74, 6) is -3.03. The molecule has 0 bridgehead atoms. The first-order valence-corrected chi connectivity index (χ1v) is 5.07. The lowest BCUT2D eigenvalue weighted by Crippen LogP contribution is -2.24. The van der Waals surface area contributed by atoms with E-state index in [2.05, 4.69) is 0 Å². The van der Waals surface area contributed by atoms with E-state index in [-0.39, 0.29) is 23.9 Å². The summed E-state index contributed by atoms with van der Waals surface area (Å²) in [5, 5.41) is 9.06. The normalized spacial score (nSPS) is 12.9. The van der Waals surface area contributed by atoms with Gasteiger partial charge in [0.1, 0.15) is 0 Å². The van der Waals surface area contributed by atoms with Crippen LogP contribution in [0.2, 0.25) is 0 Å². The van der Waals surface area contributed by atoms with Crippen molar-refractivity contribution in [3.63, 3.8) is 0 Å². The predicted octanol–water partition coefficient (Wildman–Crippen LogP) is 2.41. The third kappa shape index (κ3) is 2.64. The van der Waals surface area contributed by atoms with Gasteiger partial charge >= 0.3 is 0 Å². The first-order valence-electron chi connectivity index (χ1n) is 5.07. The molecule has 0 aliphatic rings. The van der Waals surface area contributed by atoms with Gasteiger partial charge in [-0.05, 0) is 24.1 Å². The molecule has 1 rings (SSSR count). The number of ketones is 1. The van der Waals surface area contributed by atoms with Crippen molar-refractivity contribution in [1.29, 1.82) is 0 Å². The van der Waals surface area contributed by atoms with Gasteiger partial charge < -0.3 is 5.11 Å². The minimum atomic E-state index is -1.05. The van der Waals surface area contributed by atoms with Gasteiger partial charge in [0.2, 0.25) is 0 Å². The quantitative estimate of drug-likeness (QED) is 0.803. The molecular weight excluding hydrogens is 214 g/mol. The van der Waals surface area contributed by atoms with E-state index in [9.17, 15) is 13.6 Å². The van der Waals surface area contributed by atoms with E-state index in [0.29, 0.717) is 0 Å². The van der Waals surface area contributed by atoms with Crippen LogP contribution in [0.4, 0.5) is 8.78 Å². The van der Waals surface area contributed by atoms with E-state index in [1.165, 1.54) is 6.07 Å². The Balaban J connectivity index is 2.99. The van der Waals surface area contributed by atoms with Crippen LogP contribution in [-0.4, -0.2) is 17.5 Å². The smallest absolute Gasteiger partial charge is 0.168 e. The van der Waals surface area contributed by atoms with Gasteiger partial charge in [0.05, 0.1) is 6.61 Å². The number of hydrogen-bond donors (Lipinski definition) is 1. The average Bonchev–Trinajstić information content (AvgIpc) is 2.22. The van der Waals surface area contributed by atoms with E-state index in [1.807, 2.05) is 0 Å². The highest BCUT2D eigenvalue weighted by atomic mass is 19.2. The van der Waals surface area contributed by atoms with Crippen LogP contribution in [0, 0.1) is 23.5 Å². The molecule has 0 saturated carbocycles. The molecule has 0 aromatic heterocycles. The van der Waals surface area contributed by atoms with Crippen LogP contribution in [0.15, 0.2) is 18.2 Å². The van der Waals surface area contributed by atoms with Gasteiger partial charge in [0.25, 0.3) is 0 Å². The molecule has 0 aliphatic carbocycles. The number of Topliss-reactive ketones (excluding diaryl/α,β-unsaturated/α-hetero) is 1. The molecule has 0 heterocycles. The molecule has 4 heteroatoms. The Labute approximate surface area is 92.9 Å². The van der Waals surface area contributed by atoms with Gasteiger partial charge in [-0.2, -0.15) is 0 Å². The predicted molar refractivity (Wildman–Crippen MR) is 56.1 cm³/mol. The molecule has 0 spiro atoms. The number of rotatable bonds is 4. The van der Waals surface area contributed by atoms with Gasteiger partial charge in [-0.1, -0.05) is 13.8 Å². The van der Waals surface area contributed by atoms with E-state index in [4.69, 9.17) is 5.11 Å². The maximum atomic E-state index is 12.9. The molecule has 16 heavy (non-hydrogen) atoms. The maximum absolute atomic E-state index is 12.9. The summed E-state index contributed by atoms with van der Waals surface area (Å²) in [6.45, 7) is 3.28. The second-order valence-corrected chi connectivity index (χ2v) is 4.03. The van der Waals surface area contributed by atoms with Crippen molar-refractivity contribution >= 4 is 5.78 Å². The molecule has 2 nitrogen and oxygen atoms in total. The van der Waals surface area contributed by atoms with Crippen molar-refractivity contribution in [3.05, 3.63) is 35.4 Å². The highest BCUT2D eigenvalue weighted by Gasteiger charge is 2.23. The molecular formula is C12H14F2O2. The molecule has 88 valence electrons. The van der Waals surface area contributed by atoms with Crippen LogP contribution in [0.3, 0.4) is 0 Å². The second kappa shape index (κ2) is 5.16. The van der Waals surface area contributed by atoms with Crippen LogP contribution in [0.25, 0.3) is 0 Å².